The second-order valence-electron chi connectivity index (χ2n) is 4.80. The molecule has 1 rings (SSSR count). The fourth-order valence-corrected chi connectivity index (χ4v) is 1.42. The van der Waals surface area contributed by atoms with Crippen LogP contribution >= 0.6 is 0 Å². The zero-order chi connectivity index (χ0) is 14.1. The first kappa shape index (κ1) is 15.0. The highest BCUT2D eigenvalue weighted by atomic mass is 16.3. The maximum atomic E-state index is 11.4. The van der Waals surface area contributed by atoms with Gasteiger partial charge in [0.05, 0.1) is 0 Å². The van der Waals surface area contributed by atoms with E-state index in [4.69, 9.17) is 5.11 Å². The van der Waals surface area contributed by atoms with E-state index in [9.17, 15) is 4.79 Å². The third kappa shape index (κ3) is 7.09. The summed E-state index contributed by atoms with van der Waals surface area (Å²) in [6.07, 6.45) is 7.85. The average molecular weight is 259 g/mol. The van der Waals surface area contributed by atoms with E-state index < -0.39 is 0 Å². The van der Waals surface area contributed by atoms with Crippen LogP contribution in [0.25, 0.3) is 0 Å². The van der Waals surface area contributed by atoms with Crippen molar-refractivity contribution in [2.75, 3.05) is 6.54 Å². The number of phenolic OH excluding ortho intramolecular Hbond substituents is 1. The normalized spacial score (nSPS) is 11.5. The molecule has 2 N–H and O–H groups in total. The quantitative estimate of drug-likeness (QED) is 0.609. The monoisotopic (exact) mass is 259 g/mol. The van der Waals surface area contributed by atoms with Gasteiger partial charge >= 0.3 is 0 Å². The molecule has 0 atom stereocenters. The molecule has 102 valence electrons. The van der Waals surface area contributed by atoms with Gasteiger partial charge in [-0.25, -0.2) is 0 Å². The van der Waals surface area contributed by atoms with Crippen LogP contribution in [0.5, 0.6) is 5.75 Å². The number of benzene rings is 1. The fourth-order valence-electron chi connectivity index (χ4n) is 1.42. The predicted molar refractivity (Wildman–Crippen MR) is 77.9 cm³/mol. The van der Waals surface area contributed by atoms with Crippen LogP contribution in [0.4, 0.5) is 0 Å². The average Bonchev–Trinajstić information content (AvgIpc) is 2.38. The van der Waals surface area contributed by atoms with E-state index in [0.29, 0.717) is 12.5 Å². The highest BCUT2D eigenvalue weighted by Gasteiger charge is 1.95. The van der Waals surface area contributed by atoms with Gasteiger partial charge in [0.25, 0.3) is 0 Å². The van der Waals surface area contributed by atoms with Crippen LogP contribution in [-0.4, -0.2) is 17.6 Å². The zero-order valence-corrected chi connectivity index (χ0v) is 11.5. The van der Waals surface area contributed by atoms with Gasteiger partial charge in [-0.15, -0.1) is 0 Å². The Balaban J connectivity index is 2.29. The first-order valence-corrected chi connectivity index (χ1v) is 6.47. The molecule has 0 bridgehead atoms. The Labute approximate surface area is 114 Å². The van der Waals surface area contributed by atoms with E-state index in [2.05, 4.69) is 19.2 Å². The highest BCUT2D eigenvalue weighted by molar-refractivity contribution is 5.87. The van der Waals surface area contributed by atoms with Gasteiger partial charge in [0, 0.05) is 12.6 Å². The number of phenols is 1. The van der Waals surface area contributed by atoms with Crippen LogP contribution in [0.1, 0.15) is 19.4 Å². The number of aromatic hydroxyl groups is 1. The van der Waals surface area contributed by atoms with Crippen molar-refractivity contribution in [3.05, 3.63) is 54.1 Å². The molecule has 0 aliphatic rings. The second kappa shape index (κ2) is 8.14. The molecule has 0 fully saturated rings. The Morgan fingerprint density at radius 3 is 2.58 bits per heavy atom. The van der Waals surface area contributed by atoms with Gasteiger partial charge in [-0.3, -0.25) is 4.79 Å². The smallest absolute Gasteiger partial charge is 0.243 e. The molecule has 0 spiro atoms. The van der Waals surface area contributed by atoms with Crippen molar-refractivity contribution in [3.63, 3.8) is 0 Å². The zero-order valence-electron chi connectivity index (χ0n) is 11.5. The number of amides is 1. The summed E-state index contributed by atoms with van der Waals surface area (Å²) in [4.78, 5) is 11.4. The minimum absolute atomic E-state index is 0.0667. The van der Waals surface area contributed by atoms with Crippen LogP contribution in [0, 0.1) is 5.92 Å². The van der Waals surface area contributed by atoms with Crippen LogP contribution in [0.15, 0.2) is 48.6 Å². The van der Waals surface area contributed by atoms with Crippen molar-refractivity contribution in [2.45, 2.75) is 20.3 Å². The maximum Gasteiger partial charge on any atom is 0.243 e. The van der Waals surface area contributed by atoms with Crippen molar-refractivity contribution in [3.8, 4) is 5.75 Å². The third-order valence-electron chi connectivity index (χ3n) is 2.47. The summed E-state index contributed by atoms with van der Waals surface area (Å²) < 4.78 is 0. The van der Waals surface area contributed by atoms with Crippen molar-refractivity contribution in [1.29, 1.82) is 0 Å². The minimum atomic E-state index is -0.0667. The third-order valence-corrected chi connectivity index (χ3v) is 2.47. The van der Waals surface area contributed by atoms with Gasteiger partial charge in [-0.05, 0) is 30.0 Å². The SMILES string of the molecule is CC(C)CNC(=O)/C=C/C=C/Cc1ccc(O)cc1. The molecule has 0 radical (unpaired) electrons. The molecule has 0 aliphatic carbocycles. The Hall–Kier alpha value is -2.03. The van der Waals surface area contributed by atoms with E-state index >= 15 is 0 Å². The summed E-state index contributed by atoms with van der Waals surface area (Å²) in [6.45, 7) is 4.81. The predicted octanol–water partition coefficient (Wildman–Crippen LogP) is 2.82. The van der Waals surface area contributed by atoms with E-state index in [1.54, 1.807) is 18.2 Å². The number of hydrogen-bond donors (Lipinski definition) is 2. The van der Waals surface area contributed by atoms with Crippen molar-refractivity contribution >= 4 is 5.91 Å². The molecule has 3 heteroatoms. The first-order chi connectivity index (χ1) is 9.08. The number of allylic oxidation sites excluding steroid dienone is 3. The van der Waals surface area contributed by atoms with Crippen LogP contribution in [-0.2, 0) is 11.2 Å². The largest absolute Gasteiger partial charge is 0.508 e. The molecule has 0 unspecified atom stereocenters. The first-order valence-electron chi connectivity index (χ1n) is 6.47. The number of nitrogens with one attached hydrogen (secondary N) is 1. The van der Waals surface area contributed by atoms with E-state index in [1.165, 1.54) is 6.08 Å². The van der Waals surface area contributed by atoms with Crippen molar-refractivity contribution in [1.82, 2.24) is 5.32 Å². The number of carbonyl (C=O) groups excluding carboxylic acids is 1. The Kier molecular flexibility index (Phi) is 6.44. The molecule has 19 heavy (non-hydrogen) atoms. The summed E-state index contributed by atoms with van der Waals surface area (Å²) in [5, 5.41) is 12.0. The summed E-state index contributed by atoms with van der Waals surface area (Å²) in [7, 11) is 0. The molecule has 1 aromatic rings. The lowest BCUT2D eigenvalue weighted by molar-refractivity contribution is -0.116. The van der Waals surface area contributed by atoms with Gasteiger partial charge in [0.2, 0.25) is 5.91 Å². The van der Waals surface area contributed by atoms with Gasteiger partial charge in [0.15, 0.2) is 0 Å². The Morgan fingerprint density at radius 2 is 1.95 bits per heavy atom. The highest BCUT2D eigenvalue weighted by Crippen LogP contribution is 2.10. The lowest BCUT2D eigenvalue weighted by Gasteiger charge is -2.03. The molecule has 1 aromatic carbocycles. The Morgan fingerprint density at radius 1 is 1.26 bits per heavy atom. The minimum Gasteiger partial charge on any atom is -0.508 e. The van der Waals surface area contributed by atoms with Crippen molar-refractivity contribution in [2.24, 2.45) is 5.92 Å². The molecule has 3 nitrogen and oxygen atoms in total. The lowest BCUT2D eigenvalue weighted by Crippen LogP contribution is -2.25. The van der Waals surface area contributed by atoms with E-state index in [1.807, 2.05) is 24.3 Å². The fraction of sp³-hybridized carbons (Fsp3) is 0.312. The molecule has 1 amide bonds. The maximum absolute atomic E-state index is 11.4. The van der Waals surface area contributed by atoms with Gasteiger partial charge in [-0.1, -0.05) is 44.2 Å². The molecule has 0 heterocycles. The standard InChI is InChI=1S/C16H21NO2/c1-13(2)12-17-16(19)7-5-3-4-6-14-8-10-15(18)11-9-14/h3-5,7-11,13,18H,6,12H2,1-2H3,(H,17,19)/b4-3+,7-5+. The van der Waals surface area contributed by atoms with E-state index in [-0.39, 0.29) is 11.7 Å². The topological polar surface area (TPSA) is 49.3 Å². The molecule has 0 aromatic heterocycles. The molecular formula is C16H21NO2. The molecule has 0 saturated carbocycles. The lowest BCUT2D eigenvalue weighted by atomic mass is 10.1. The summed E-state index contributed by atoms with van der Waals surface area (Å²) in [5.41, 5.74) is 1.12. The summed E-state index contributed by atoms with van der Waals surface area (Å²) >= 11 is 0. The van der Waals surface area contributed by atoms with Crippen molar-refractivity contribution < 1.29 is 9.90 Å². The van der Waals surface area contributed by atoms with Gasteiger partial charge in [0.1, 0.15) is 5.75 Å². The van der Waals surface area contributed by atoms with Crippen LogP contribution in [0.3, 0.4) is 0 Å². The number of carbonyl (C=O) groups is 1. The van der Waals surface area contributed by atoms with E-state index in [0.717, 1.165) is 12.0 Å². The van der Waals surface area contributed by atoms with Gasteiger partial charge in [-0.2, -0.15) is 0 Å². The van der Waals surface area contributed by atoms with Gasteiger partial charge < -0.3 is 10.4 Å². The summed E-state index contributed by atoms with van der Waals surface area (Å²) in [6, 6.07) is 7.08. The summed E-state index contributed by atoms with van der Waals surface area (Å²) in [5.74, 6) is 0.667. The second-order valence-corrected chi connectivity index (χ2v) is 4.80. The Bertz CT molecular complexity index is 444. The molecular weight excluding hydrogens is 238 g/mol. The molecule has 0 saturated heterocycles. The van der Waals surface area contributed by atoms with Crippen LogP contribution < -0.4 is 5.32 Å². The number of rotatable bonds is 6. The molecule has 0 aliphatic heterocycles. The number of hydrogen-bond acceptors (Lipinski definition) is 2. The van der Waals surface area contributed by atoms with Crippen LogP contribution in [0.2, 0.25) is 0 Å².